The lowest BCUT2D eigenvalue weighted by Gasteiger charge is -2.20. The number of carbonyl (C=O) groups is 2. The van der Waals surface area contributed by atoms with Crippen molar-refractivity contribution in [2.24, 2.45) is 5.92 Å². The predicted molar refractivity (Wildman–Crippen MR) is 85.9 cm³/mol. The molecule has 1 unspecified atom stereocenters. The molecule has 0 bridgehead atoms. The summed E-state index contributed by atoms with van der Waals surface area (Å²) in [6.45, 7) is 5.15. The molecule has 1 aromatic rings. The van der Waals surface area contributed by atoms with E-state index in [1.54, 1.807) is 0 Å². The lowest BCUT2D eigenvalue weighted by molar-refractivity contribution is -0.119. The Kier molecular flexibility index (Phi) is 4.43. The molecule has 1 aromatic carbocycles. The van der Waals surface area contributed by atoms with Gasteiger partial charge in [-0.3, -0.25) is 9.59 Å². The van der Waals surface area contributed by atoms with E-state index in [2.05, 4.69) is 10.6 Å². The smallest absolute Gasteiger partial charge is 0.256 e. The van der Waals surface area contributed by atoms with Crippen molar-refractivity contribution >= 4 is 17.5 Å². The van der Waals surface area contributed by atoms with E-state index in [-0.39, 0.29) is 17.7 Å². The van der Waals surface area contributed by atoms with Crippen LogP contribution in [0.3, 0.4) is 0 Å². The minimum atomic E-state index is -0.00440. The van der Waals surface area contributed by atoms with Crippen LogP contribution in [-0.2, 0) is 4.79 Å². The van der Waals surface area contributed by atoms with Crippen LogP contribution in [0.1, 0.15) is 35.2 Å². The molecule has 0 aliphatic carbocycles. The second-order valence-electron chi connectivity index (χ2n) is 6.18. The Morgan fingerprint density at radius 2 is 2.05 bits per heavy atom. The Morgan fingerprint density at radius 1 is 1.27 bits per heavy atom. The minimum Gasteiger partial charge on any atom is -0.339 e. The van der Waals surface area contributed by atoms with Gasteiger partial charge in [-0.25, -0.2) is 0 Å². The average molecular weight is 301 g/mol. The van der Waals surface area contributed by atoms with Gasteiger partial charge >= 0.3 is 0 Å². The van der Waals surface area contributed by atoms with Gasteiger partial charge in [0.15, 0.2) is 0 Å². The van der Waals surface area contributed by atoms with Crippen LogP contribution in [0.15, 0.2) is 18.2 Å². The lowest BCUT2D eigenvalue weighted by Crippen LogP contribution is -2.31. The number of amides is 2. The van der Waals surface area contributed by atoms with E-state index in [1.807, 2.05) is 30.0 Å². The fourth-order valence-corrected chi connectivity index (χ4v) is 3.25. The van der Waals surface area contributed by atoms with Crippen molar-refractivity contribution in [1.82, 2.24) is 10.2 Å². The van der Waals surface area contributed by atoms with Crippen LogP contribution in [-0.4, -0.2) is 42.9 Å². The van der Waals surface area contributed by atoms with Crippen LogP contribution in [0.4, 0.5) is 5.69 Å². The predicted octanol–water partition coefficient (Wildman–Crippen LogP) is 1.78. The molecule has 118 valence electrons. The first kappa shape index (κ1) is 15.0. The fourth-order valence-electron chi connectivity index (χ4n) is 3.25. The first-order chi connectivity index (χ1) is 10.7. The maximum Gasteiger partial charge on any atom is 0.256 e. The van der Waals surface area contributed by atoms with Gasteiger partial charge in [-0.2, -0.15) is 0 Å². The summed E-state index contributed by atoms with van der Waals surface area (Å²) >= 11 is 0. The number of nitrogens with zero attached hydrogens (tertiary/aromatic N) is 1. The van der Waals surface area contributed by atoms with E-state index < -0.39 is 0 Å². The molecule has 5 heteroatoms. The molecule has 22 heavy (non-hydrogen) atoms. The summed E-state index contributed by atoms with van der Waals surface area (Å²) in [6, 6.07) is 5.64. The van der Waals surface area contributed by atoms with Crippen molar-refractivity contribution in [1.29, 1.82) is 0 Å². The zero-order valence-corrected chi connectivity index (χ0v) is 13.0. The van der Waals surface area contributed by atoms with Crippen molar-refractivity contribution in [3.8, 4) is 0 Å². The third kappa shape index (κ3) is 2.99. The van der Waals surface area contributed by atoms with Crippen molar-refractivity contribution in [3.05, 3.63) is 29.3 Å². The first-order valence-corrected chi connectivity index (χ1v) is 8.07. The van der Waals surface area contributed by atoms with E-state index >= 15 is 0 Å². The van der Waals surface area contributed by atoms with E-state index in [4.69, 9.17) is 0 Å². The largest absolute Gasteiger partial charge is 0.339 e. The molecular formula is C17H23N3O2. The van der Waals surface area contributed by atoms with Gasteiger partial charge in [-0.1, -0.05) is 12.1 Å². The minimum absolute atomic E-state index is 0.00440. The van der Waals surface area contributed by atoms with E-state index in [9.17, 15) is 9.59 Å². The number of nitrogens with one attached hydrogen (secondary N) is 2. The molecule has 0 spiro atoms. The van der Waals surface area contributed by atoms with Crippen LogP contribution in [0.25, 0.3) is 0 Å². The van der Waals surface area contributed by atoms with E-state index in [1.165, 1.54) is 0 Å². The maximum absolute atomic E-state index is 12.8. The van der Waals surface area contributed by atoms with Gasteiger partial charge in [-0.15, -0.1) is 0 Å². The zero-order chi connectivity index (χ0) is 15.5. The number of benzene rings is 1. The zero-order valence-electron chi connectivity index (χ0n) is 13.0. The first-order valence-electron chi connectivity index (χ1n) is 8.07. The van der Waals surface area contributed by atoms with Gasteiger partial charge < -0.3 is 15.5 Å². The molecule has 2 N–H and O–H groups in total. The second-order valence-corrected chi connectivity index (χ2v) is 6.18. The fraction of sp³-hybridized carbons (Fsp3) is 0.529. The summed E-state index contributed by atoms with van der Waals surface area (Å²) in [5.74, 6) is 0.0387. The van der Waals surface area contributed by atoms with Crippen LogP contribution < -0.4 is 10.6 Å². The van der Waals surface area contributed by atoms with Crippen LogP contribution in [0.5, 0.6) is 0 Å². The molecule has 2 heterocycles. The van der Waals surface area contributed by atoms with Gasteiger partial charge in [0.2, 0.25) is 5.91 Å². The highest BCUT2D eigenvalue weighted by molar-refractivity contribution is 6.05. The molecule has 0 radical (unpaired) electrons. The Morgan fingerprint density at radius 3 is 2.73 bits per heavy atom. The summed E-state index contributed by atoms with van der Waals surface area (Å²) in [7, 11) is 0. The van der Waals surface area contributed by atoms with E-state index in [0.29, 0.717) is 17.8 Å². The number of carbonyl (C=O) groups excluding carboxylic acids is 2. The summed E-state index contributed by atoms with van der Waals surface area (Å²) in [5.41, 5.74) is 2.21. The Balaban J connectivity index is 1.82. The second kappa shape index (κ2) is 6.48. The molecule has 2 aliphatic rings. The van der Waals surface area contributed by atoms with Gasteiger partial charge in [0.25, 0.3) is 5.91 Å². The lowest BCUT2D eigenvalue weighted by atomic mass is 10.0. The highest BCUT2D eigenvalue weighted by Gasteiger charge is 2.26. The third-order valence-electron chi connectivity index (χ3n) is 4.57. The van der Waals surface area contributed by atoms with Crippen LogP contribution in [0.2, 0.25) is 0 Å². The quantitative estimate of drug-likeness (QED) is 0.894. The number of hydrogen-bond acceptors (Lipinski definition) is 3. The Bertz CT molecular complexity index is 573. The molecule has 2 aliphatic heterocycles. The van der Waals surface area contributed by atoms with Crippen molar-refractivity contribution < 1.29 is 9.59 Å². The van der Waals surface area contributed by atoms with Gasteiger partial charge in [0.05, 0.1) is 17.2 Å². The molecule has 0 aromatic heterocycles. The molecular weight excluding hydrogens is 278 g/mol. The number of rotatable bonds is 3. The maximum atomic E-state index is 12.8. The van der Waals surface area contributed by atoms with Gasteiger partial charge in [0, 0.05) is 19.6 Å². The van der Waals surface area contributed by atoms with Crippen molar-refractivity contribution in [2.75, 3.05) is 31.5 Å². The third-order valence-corrected chi connectivity index (χ3v) is 4.57. The Hall–Kier alpha value is -1.88. The highest BCUT2D eigenvalue weighted by atomic mass is 16.2. The number of hydrogen-bond donors (Lipinski definition) is 2. The number of likely N-dealkylation sites (tertiary alicyclic amines) is 1. The molecule has 2 amide bonds. The number of aryl methyl sites for hydroxylation is 1. The molecule has 1 atom stereocenters. The van der Waals surface area contributed by atoms with Crippen molar-refractivity contribution in [2.45, 2.75) is 26.2 Å². The summed E-state index contributed by atoms with van der Waals surface area (Å²) in [6.07, 6.45) is 2.98. The molecule has 2 saturated heterocycles. The highest BCUT2D eigenvalue weighted by Crippen LogP contribution is 2.24. The molecule has 2 fully saturated rings. The average Bonchev–Trinajstić information content (AvgIpc) is 3.20. The standard InChI is InChI=1S/C17H23N3O2/c1-12-5-4-6-14(19-16(21)13-7-8-18-11-13)15(12)17(22)20-9-2-3-10-20/h4-6,13,18H,2-3,7-11H2,1H3,(H,19,21). The molecule has 0 saturated carbocycles. The molecule has 5 nitrogen and oxygen atoms in total. The Labute approximate surface area is 131 Å². The van der Waals surface area contributed by atoms with Gasteiger partial charge in [0.1, 0.15) is 0 Å². The van der Waals surface area contributed by atoms with Crippen molar-refractivity contribution in [3.63, 3.8) is 0 Å². The van der Waals surface area contributed by atoms with Crippen LogP contribution >= 0.6 is 0 Å². The summed E-state index contributed by atoms with van der Waals surface area (Å²) in [4.78, 5) is 27.0. The monoisotopic (exact) mass is 301 g/mol. The van der Waals surface area contributed by atoms with Crippen LogP contribution in [0, 0.1) is 12.8 Å². The SMILES string of the molecule is Cc1cccc(NC(=O)C2CCNC2)c1C(=O)N1CCCC1. The normalized spacial score (nSPS) is 21.1. The van der Waals surface area contributed by atoms with E-state index in [0.717, 1.165) is 44.5 Å². The summed E-state index contributed by atoms with van der Waals surface area (Å²) < 4.78 is 0. The number of anilines is 1. The molecule has 3 rings (SSSR count). The topological polar surface area (TPSA) is 61.4 Å². The summed E-state index contributed by atoms with van der Waals surface area (Å²) in [5, 5.41) is 6.17. The van der Waals surface area contributed by atoms with Gasteiger partial charge in [-0.05, 0) is 44.4 Å².